The Morgan fingerprint density at radius 1 is 0.800 bits per heavy atom. The third-order valence-electron chi connectivity index (χ3n) is 6.17. The van der Waals surface area contributed by atoms with E-state index in [-0.39, 0.29) is 11.8 Å². The number of carbonyl (C=O) groups is 2. The lowest BCUT2D eigenvalue weighted by atomic mass is 10.00. The highest BCUT2D eigenvalue weighted by atomic mass is 16.2. The van der Waals surface area contributed by atoms with Crippen molar-refractivity contribution in [2.75, 3.05) is 32.7 Å². The molecule has 5 nitrogen and oxygen atoms in total. The fourth-order valence-corrected chi connectivity index (χ4v) is 4.55. The van der Waals surface area contributed by atoms with Crippen molar-refractivity contribution in [2.24, 2.45) is 0 Å². The third kappa shape index (κ3) is 4.90. The largest absolute Gasteiger partial charge is 0.339 e. The van der Waals surface area contributed by atoms with Gasteiger partial charge in [-0.15, -0.1) is 0 Å². The van der Waals surface area contributed by atoms with Crippen molar-refractivity contribution in [3.63, 3.8) is 0 Å². The number of benzene rings is 2. The van der Waals surface area contributed by atoms with E-state index in [1.807, 2.05) is 46.2 Å². The van der Waals surface area contributed by atoms with E-state index in [0.717, 1.165) is 51.0 Å². The maximum atomic E-state index is 13.7. The summed E-state index contributed by atoms with van der Waals surface area (Å²) >= 11 is 0. The van der Waals surface area contributed by atoms with Crippen molar-refractivity contribution in [3.05, 3.63) is 71.8 Å². The predicted molar refractivity (Wildman–Crippen MR) is 118 cm³/mol. The first kappa shape index (κ1) is 20.6. The van der Waals surface area contributed by atoms with Gasteiger partial charge in [0.05, 0.1) is 0 Å². The van der Waals surface area contributed by atoms with Crippen molar-refractivity contribution < 1.29 is 9.59 Å². The van der Waals surface area contributed by atoms with Gasteiger partial charge >= 0.3 is 0 Å². The van der Waals surface area contributed by atoms with Gasteiger partial charge in [-0.3, -0.25) is 14.5 Å². The molecule has 0 spiro atoms. The molecule has 0 bridgehead atoms. The predicted octanol–water partition coefficient (Wildman–Crippen LogP) is 3.47. The zero-order chi connectivity index (χ0) is 20.8. The summed E-state index contributed by atoms with van der Waals surface area (Å²) < 4.78 is 0. The maximum Gasteiger partial charge on any atom is 0.250 e. The molecule has 2 fully saturated rings. The van der Waals surface area contributed by atoms with Gasteiger partial charge in [-0.2, -0.15) is 0 Å². The minimum absolute atomic E-state index is 0.0676. The second kappa shape index (κ2) is 9.90. The van der Waals surface area contributed by atoms with E-state index in [4.69, 9.17) is 0 Å². The van der Waals surface area contributed by atoms with Gasteiger partial charge in [0.15, 0.2) is 0 Å². The minimum Gasteiger partial charge on any atom is -0.339 e. The van der Waals surface area contributed by atoms with Crippen LogP contribution in [0.3, 0.4) is 0 Å². The first-order valence-electron chi connectivity index (χ1n) is 11.1. The number of hydrogen-bond donors (Lipinski definition) is 0. The molecule has 2 heterocycles. The average Bonchev–Trinajstić information content (AvgIpc) is 3.02. The van der Waals surface area contributed by atoms with Gasteiger partial charge in [-0.05, 0) is 30.4 Å². The molecule has 5 heteroatoms. The first-order valence-corrected chi connectivity index (χ1v) is 11.1. The van der Waals surface area contributed by atoms with Crippen LogP contribution < -0.4 is 0 Å². The summed E-state index contributed by atoms with van der Waals surface area (Å²) in [5.74, 6) is 0.169. The van der Waals surface area contributed by atoms with Gasteiger partial charge < -0.3 is 9.80 Å². The Morgan fingerprint density at radius 3 is 2.27 bits per heavy atom. The van der Waals surface area contributed by atoms with Gasteiger partial charge in [-0.25, -0.2) is 0 Å². The number of likely N-dealkylation sites (tertiary alicyclic amines) is 1. The summed E-state index contributed by atoms with van der Waals surface area (Å²) in [5, 5.41) is 0. The molecule has 4 rings (SSSR count). The summed E-state index contributed by atoms with van der Waals surface area (Å²) in [6, 6.07) is 19.8. The maximum absolute atomic E-state index is 13.7. The highest BCUT2D eigenvalue weighted by Gasteiger charge is 2.35. The average molecular weight is 406 g/mol. The number of rotatable bonds is 5. The third-order valence-corrected chi connectivity index (χ3v) is 6.17. The Hall–Kier alpha value is -2.66. The smallest absolute Gasteiger partial charge is 0.250 e. The van der Waals surface area contributed by atoms with E-state index < -0.39 is 6.04 Å². The molecule has 158 valence electrons. The number of hydrogen-bond acceptors (Lipinski definition) is 3. The van der Waals surface area contributed by atoms with Crippen LogP contribution in [0.25, 0.3) is 0 Å². The molecule has 2 aromatic carbocycles. The molecule has 2 aliphatic heterocycles. The molecular weight excluding hydrogens is 374 g/mol. The van der Waals surface area contributed by atoms with Crippen molar-refractivity contribution >= 4 is 11.8 Å². The molecule has 30 heavy (non-hydrogen) atoms. The highest BCUT2D eigenvalue weighted by molar-refractivity contribution is 5.89. The second-order valence-electron chi connectivity index (χ2n) is 8.30. The van der Waals surface area contributed by atoms with E-state index in [0.29, 0.717) is 19.5 Å². The van der Waals surface area contributed by atoms with Gasteiger partial charge in [0.1, 0.15) is 6.04 Å². The fraction of sp³-hybridized carbons (Fsp3) is 0.440. The van der Waals surface area contributed by atoms with Crippen molar-refractivity contribution in [1.82, 2.24) is 14.7 Å². The topological polar surface area (TPSA) is 43.9 Å². The summed E-state index contributed by atoms with van der Waals surface area (Å²) in [7, 11) is 0. The van der Waals surface area contributed by atoms with E-state index in [1.54, 1.807) is 0 Å². The van der Waals surface area contributed by atoms with Crippen LogP contribution in [-0.2, 0) is 16.1 Å². The molecule has 0 aliphatic carbocycles. The molecule has 0 radical (unpaired) electrons. The fourth-order valence-electron chi connectivity index (χ4n) is 4.55. The van der Waals surface area contributed by atoms with Gasteiger partial charge in [0.25, 0.3) is 0 Å². The molecule has 0 aromatic heterocycles. The monoisotopic (exact) mass is 405 g/mol. The van der Waals surface area contributed by atoms with Crippen molar-refractivity contribution in [2.45, 2.75) is 38.3 Å². The summed E-state index contributed by atoms with van der Waals surface area (Å²) in [6.45, 7) is 4.87. The Bertz CT molecular complexity index is 840. The molecule has 2 aliphatic rings. The van der Waals surface area contributed by atoms with Crippen molar-refractivity contribution in [3.8, 4) is 0 Å². The zero-order valence-electron chi connectivity index (χ0n) is 17.6. The van der Waals surface area contributed by atoms with Crippen LogP contribution in [0.4, 0.5) is 0 Å². The van der Waals surface area contributed by atoms with Crippen LogP contribution in [0.1, 0.15) is 42.9 Å². The molecule has 2 saturated heterocycles. The number of carbonyl (C=O) groups excluding carboxylic acids is 2. The second-order valence-corrected chi connectivity index (χ2v) is 8.30. The molecule has 0 N–H and O–H groups in total. The van der Waals surface area contributed by atoms with Crippen LogP contribution in [-0.4, -0.2) is 59.2 Å². The van der Waals surface area contributed by atoms with Gasteiger partial charge in [0.2, 0.25) is 11.8 Å². The summed E-state index contributed by atoms with van der Waals surface area (Å²) in [4.78, 5) is 32.6. The first-order chi connectivity index (χ1) is 14.7. The lowest BCUT2D eigenvalue weighted by Gasteiger charge is -2.37. The van der Waals surface area contributed by atoms with E-state index in [2.05, 4.69) is 29.2 Å². The van der Waals surface area contributed by atoms with Crippen LogP contribution in [0, 0.1) is 0 Å². The van der Waals surface area contributed by atoms with Crippen LogP contribution in [0.2, 0.25) is 0 Å². The molecule has 0 saturated carbocycles. The Labute approximate surface area is 179 Å². The van der Waals surface area contributed by atoms with Crippen LogP contribution in [0.15, 0.2) is 60.7 Å². The lowest BCUT2D eigenvalue weighted by molar-refractivity contribution is -0.147. The number of piperidine rings is 1. The Kier molecular flexibility index (Phi) is 6.80. The molecule has 2 amide bonds. The zero-order valence-corrected chi connectivity index (χ0v) is 17.6. The Balaban J connectivity index is 1.48. The van der Waals surface area contributed by atoms with Crippen LogP contribution in [0.5, 0.6) is 0 Å². The molecule has 1 unspecified atom stereocenters. The van der Waals surface area contributed by atoms with E-state index in [9.17, 15) is 9.59 Å². The number of amides is 2. The van der Waals surface area contributed by atoms with Crippen LogP contribution >= 0.6 is 0 Å². The standard InChI is InChI=1S/C25H31N3O2/c29-23-14-7-8-17-28(23)24(22-12-5-2-6-13-22)25(30)27-16-9-15-26(18-19-27)20-21-10-3-1-4-11-21/h1-6,10-13,24H,7-9,14-20H2. The summed E-state index contributed by atoms with van der Waals surface area (Å²) in [5.41, 5.74) is 2.22. The number of nitrogens with zero attached hydrogens (tertiary/aromatic N) is 3. The minimum atomic E-state index is -0.500. The SMILES string of the molecule is O=C(C(c1ccccc1)N1CCCCC1=O)N1CCCN(Cc2ccccc2)CC1. The highest BCUT2D eigenvalue weighted by Crippen LogP contribution is 2.28. The molecular formula is C25H31N3O2. The van der Waals surface area contributed by atoms with Gasteiger partial charge in [0, 0.05) is 45.7 Å². The van der Waals surface area contributed by atoms with Crippen molar-refractivity contribution in [1.29, 1.82) is 0 Å². The quantitative estimate of drug-likeness (QED) is 0.765. The summed E-state index contributed by atoms with van der Waals surface area (Å²) in [6.07, 6.45) is 3.38. The normalized spacial score (nSPS) is 19.4. The van der Waals surface area contributed by atoms with Gasteiger partial charge in [-0.1, -0.05) is 60.7 Å². The molecule has 1 atom stereocenters. The lowest BCUT2D eigenvalue weighted by Crippen LogP contribution is -2.48. The Morgan fingerprint density at radius 2 is 1.53 bits per heavy atom. The molecule has 2 aromatic rings. The van der Waals surface area contributed by atoms with E-state index >= 15 is 0 Å². The van der Waals surface area contributed by atoms with E-state index in [1.165, 1.54) is 5.56 Å².